The van der Waals surface area contributed by atoms with Crippen molar-refractivity contribution < 1.29 is 17.9 Å². The van der Waals surface area contributed by atoms with Crippen molar-refractivity contribution in [2.24, 2.45) is 0 Å². The predicted octanol–water partition coefficient (Wildman–Crippen LogP) is 2.66. The van der Waals surface area contributed by atoms with E-state index in [1.165, 1.54) is 12.1 Å². The van der Waals surface area contributed by atoms with E-state index in [0.717, 1.165) is 0 Å². The molecule has 158 valence electrons. The summed E-state index contributed by atoms with van der Waals surface area (Å²) in [6.07, 6.45) is 0.753. The van der Waals surface area contributed by atoms with E-state index in [0.29, 0.717) is 49.1 Å². The van der Waals surface area contributed by atoms with E-state index in [9.17, 15) is 18.0 Å². The zero-order valence-corrected chi connectivity index (χ0v) is 18.0. The van der Waals surface area contributed by atoms with Crippen LogP contribution in [-0.4, -0.2) is 53.3 Å². The maximum absolute atomic E-state index is 13.1. The van der Waals surface area contributed by atoms with Gasteiger partial charge < -0.3 is 14.6 Å². The molecule has 1 N–H and O–H groups in total. The van der Waals surface area contributed by atoms with Crippen molar-refractivity contribution in [3.63, 3.8) is 0 Å². The highest BCUT2D eigenvalue weighted by Gasteiger charge is 2.34. The summed E-state index contributed by atoms with van der Waals surface area (Å²) in [5.41, 5.74) is 0.482. The van der Waals surface area contributed by atoms with Crippen molar-refractivity contribution >= 4 is 27.0 Å². The van der Waals surface area contributed by atoms with Crippen LogP contribution in [0.1, 0.15) is 46.2 Å². The van der Waals surface area contributed by atoms with Crippen LogP contribution >= 0.6 is 0 Å². The zero-order valence-electron chi connectivity index (χ0n) is 17.2. The molecule has 1 saturated heterocycles. The van der Waals surface area contributed by atoms with Gasteiger partial charge in [0.2, 0.25) is 0 Å². The number of aromatic nitrogens is 2. The maximum atomic E-state index is 13.1. The molecule has 0 atom stereocenters. The van der Waals surface area contributed by atoms with Crippen molar-refractivity contribution in [2.75, 3.05) is 13.1 Å². The van der Waals surface area contributed by atoms with Gasteiger partial charge >= 0.3 is 6.09 Å². The molecule has 0 spiro atoms. The number of ether oxygens (including phenoxy) is 1. The number of carbonyl (C=O) groups is 1. The number of benzene rings is 1. The van der Waals surface area contributed by atoms with Crippen molar-refractivity contribution in [2.45, 2.75) is 62.7 Å². The van der Waals surface area contributed by atoms with Crippen LogP contribution in [0.2, 0.25) is 0 Å². The van der Waals surface area contributed by atoms with Crippen LogP contribution in [0.25, 0.3) is 11.0 Å². The van der Waals surface area contributed by atoms with Gasteiger partial charge in [-0.15, -0.1) is 0 Å². The molecule has 2 aromatic rings. The van der Waals surface area contributed by atoms with Crippen molar-refractivity contribution in [3.8, 4) is 0 Å². The summed E-state index contributed by atoms with van der Waals surface area (Å²) in [6.45, 7) is 7.88. The highest BCUT2D eigenvalue weighted by molar-refractivity contribution is 7.92. The van der Waals surface area contributed by atoms with Crippen molar-refractivity contribution in [1.29, 1.82) is 0 Å². The van der Waals surface area contributed by atoms with Crippen LogP contribution in [0.15, 0.2) is 27.9 Å². The van der Waals surface area contributed by atoms with Gasteiger partial charge in [-0.05, 0) is 58.2 Å². The second kappa shape index (κ2) is 7.78. The molecule has 1 amide bonds. The van der Waals surface area contributed by atoms with E-state index in [-0.39, 0.29) is 10.5 Å². The second-order valence-electron chi connectivity index (χ2n) is 8.26. The largest absolute Gasteiger partial charge is 0.444 e. The van der Waals surface area contributed by atoms with E-state index in [1.54, 1.807) is 31.7 Å². The number of fused-ring (bicyclic) bond motifs is 1. The third kappa shape index (κ3) is 4.60. The number of carbonyl (C=O) groups excluding carboxylic acids is 1. The highest BCUT2D eigenvalue weighted by Crippen LogP contribution is 2.27. The Kier molecular flexibility index (Phi) is 5.71. The Balaban J connectivity index is 1.78. The molecule has 8 nitrogen and oxygen atoms in total. The second-order valence-corrected chi connectivity index (χ2v) is 10.5. The van der Waals surface area contributed by atoms with Crippen molar-refractivity contribution in [3.05, 3.63) is 34.2 Å². The Morgan fingerprint density at radius 2 is 1.93 bits per heavy atom. The molecule has 0 aliphatic carbocycles. The smallest absolute Gasteiger partial charge is 0.410 e. The summed E-state index contributed by atoms with van der Waals surface area (Å²) in [6, 6.07) is 4.62. The summed E-state index contributed by atoms with van der Waals surface area (Å²) >= 11 is 0. The normalized spacial score (nSPS) is 16.2. The highest BCUT2D eigenvalue weighted by atomic mass is 32.2. The first-order valence-corrected chi connectivity index (χ1v) is 11.3. The third-order valence-corrected chi connectivity index (χ3v) is 7.19. The fraction of sp³-hybridized carbons (Fsp3) is 0.550. The molecule has 2 heterocycles. The molecule has 1 aromatic carbocycles. The monoisotopic (exact) mass is 421 g/mol. The fourth-order valence-electron chi connectivity index (χ4n) is 3.39. The first kappa shape index (κ1) is 21.3. The number of nitrogens with zero attached hydrogens (tertiary/aromatic N) is 2. The van der Waals surface area contributed by atoms with Gasteiger partial charge in [-0.3, -0.25) is 4.79 Å². The predicted molar refractivity (Wildman–Crippen MR) is 110 cm³/mol. The van der Waals surface area contributed by atoms with E-state index < -0.39 is 26.8 Å². The van der Waals surface area contributed by atoms with Gasteiger partial charge in [-0.1, -0.05) is 6.92 Å². The summed E-state index contributed by atoms with van der Waals surface area (Å²) < 4.78 is 31.6. The third-order valence-electron chi connectivity index (χ3n) is 4.93. The SMILES string of the molecule is CCc1nc2ccc(S(=O)(=O)C3CCN(C(=O)OC(C)(C)C)CC3)cc2[nH]c1=O. The molecular weight excluding hydrogens is 394 g/mol. The van der Waals surface area contributed by atoms with E-state index in [1.807, 2.05) is 6.92 Å². The number of sulfone groups is 1. The number of aromatic amines is 1. The summed E-state index contributed by atoms with van der Waals surface area (Å²) in [7, 11) is -3.59. The molecule has 1 aromatic heterocycles. The molecule has 29 heavy (non-hydrogen) atoms. The number of nitrogens with one attached hydrogen (secondary N) is 1. The molecule has 1 aliphatic rings. The molecule has 0 bridgehead atoms. The fourth-order valence-corrected chi connectivity index (χ4v) is 5.14. The molecule has 9 heteroatoms. The number of hydrogen-bond donors (Lipinski definition) is 1. The molecule has 3 rings (SSSR count). The van der Waals surface area contributed by atoms with Crippen LogP contribution in [0.4, 0.5) is 4.79 Å². The van der Waals surface area contributed by atoms with Crippen LogP contribution in [0, 0.1) is 0 Å². The van der Waals surface area contributed by atoms with Crippen LogP contribution in [-0.2, 0) is 21.0 Å². The first-order chi connectivity index (χ1) is 13.5. The van der Waals surface area contributed by atoms with Gasteiger partial charge in [0.05, 0.1) is 21.2 Å². The molecule has 1 fully saturated rings. The Labute approximate surface area is 170 Å². The summed E-state index contributed by atoms with van der Waals surface area (Å²) in [4.78, 5) is 32.9. The average Bonchev–Trinajstić information content (AvgIpc) is 2.65. The number of H-pyrrole nitrogens is 1. The Morgan fingerprint density at radius 3 is 2.52 bits per heavy atom. The first-order valence-electron chi connectivity index (χ1n) is 9.76. The van der Waals surface area contributed by atoms with Gasteiger partial charge in [-0.2, -0.15) is 0 Å². The lowest BCUT2D eigenvalue weighted by atomic mass is 10.1. The number of likely N-dealkylation sites (tertiary alicyclic amines) is 1. The topological polar surface area (TPSA) is 109 Å². The summed E-state index contributed by atoms with van der Waals surface area (Å²) in [5.74, 6) is 0. The summed E-state index contributed by atoms with van der Waals surface area (Å²) in [5, 5.41) is -0.590. The number of hydrogen-bond acceptors (Lipinski definition) is 6. The standard InChI is InChI=1S/C20H27N3O5S/c1-5-15-18(24)22-17-12-14(6-7-16(17)21-15)29(26,27)13-8-10-23(11-9-13)19(25)28-20(2,3)4/h6-7,12-13H,5,8-11H2,1-4H3,(H,22,24). The molecule has 0 saturated carbocycles. The number of piperidine rings is 1. The molecule has 0 radical (unpaired) electrons. The molecular formula is C20H27N3O5S. The van der Waals surface area contributed by atoms with Gasteiger partial charge in [-0.25, -0.2) is 18.2 Å². The van der Waals surface area contributed by atoms with Crippen LogP contribution in [0.3, 0.4) is 0 Å². The quantitative estimate of drug-likeness (QED) is 0.816. The van der Waals surface area contributed by atoms with E-state index >= 15 is 0 Å². The maximum Gasteiger partial charge on any atom is 0.410 e. The lowest BCUT2D eigenvalue weighted by Gasteiger charge is -2.33. The van der Waals surface area contributed by atoms with Gasteiger partial charge in [0.25, 0.3) is 5.56 Å². The Morgan fingerprint density at radius 1 is 1.28 bits per heavy atom. The van der Waals surface area contributed by atoms with Gasteiger partial charge in [0.15, 0.2) is 9.84 Å². The van der Waals surface area contributed by atoms with Crippen LogP contribution in [0.5, 0.6) is 0 Å². The number of aryl methyl sites for hydroxylation is 1. The molecule has 0 unspecified atom stereocenters. The number of rotatable bonds is 3. The van der Waals surface area contributed by atoms with Crippen LogP contribution < -0.4 is 5.56 Å². The Hall–Kier alpha value is -2.42. The minimum Gasteiger partial charge on any atom is -0.444 e. The van der Waals surface area contributed by atoms with Crippen molar-refractivity contribution in [1.82, 2.24) is 14.9 Å². The molecule has 1 aliphatic heterocycles. The average molecular weight is 422 g/mol. The minimum atomic E-state index is -3.59. The van der Waals surface area contributed by atoms with E-state index in [4.69, 9.17) is 4.74 Å². The Bertz CT molecular complexity index is 1080. The minimum absolute atomic E-state index is 0.155. The lowest BCUT2D eigenvalue weighted by Crippen LogP contribution is -2.44. The van der Waals surface area contributed by atoms with Gasteiger partial charge in [0.1, 0.15) is 11.3 Å². The number of amides is 1. The zero-order chi connectivity index (χ0) is 21.4. The lowest BCUT2D eigenvalue weighted by molar-refractivity contribution is 0.0217. The van der Waals surface area contributed by atoms with Gasteiger partial charge in [0, 0.05) is 13.1 Å². The van der Waals surface area contributed by atoms with E-state index in [2.05, 4.69) is 9.97 Å².